The largest absolute Gasteiger partial charge is 0.399 e. The average Bonchev–Trinajstić information content (AvgIpc) is 3.67. The Morgan fingerprint density at radius 1 is 1.21 bits per heavy atom. The zero-order valence-electron chi connectivity index (χ0n) is 24.7. The smallest absolute Gasteiger partial charge is 0.193 e. The third kappa shape index (κ3) is 3.62. The standard InChI is InChI=1S/C34H39FN2O6/c1-19(20-4-7-23(36)8-5-20)37-13-11-21(17-37)30-42-29-15-26-25-9-6-22-14-24(39)10-12-31(22,2)33(25,35)27(40)16-32(26,3)34(29,43-30)28(41)18-38/h4-5,7-8,10-14,17,19,25-27,29-30,38,40H,6,9,15-16,18,36H2,1-3H3/t19-,25+,26+,27+,29-,30-,31+,32+,33+,34-/m1/s1. The number of nitrogens with zero attached hydrogens (tertiary/aromatic N) is 1. The molecule has 9 heteroatoms. The van der Waals surface area contributed by atoms with Gasteiger partial charge in [-0.05, 0) is 81.4 Å². The molecule has 10 atom stereocenters. The van der Waals surface area contributed by atoms with Crippen LogP contribution in [0.5, 0.6) is 0 Å². The Kier molecular flexibility index (Phi) is 6.29. The second-order valence-corrected chi connectivity index (χ2v) is 13.6. The molecule has 4 N–H and O–H groups in total. The minimum atomic E-state index is -2.03. The Bertz CT molecular complexity index is 1550. The fourth-order valence-corrected chi connectivity index (χ4v) is 9.48. The summed E-state index contributed by atoms with van der Waals surface area (Å²) in [6.07, 6.45) is 6.67. The second-order valence-electron chi connectivity index (χ2n) is 13.6. The molecule has 0 radical (unpaired) electrons. The predicted octanol–water partition coefficient (Wildman–Crippen LogP) is 4.37. The molecule has 0 bridgehead atoms. The van der Waals surface area contributed by atoms with Crippen LogP contribution < -0.4 is 5.73 Å². The van der Waals surface area contributed by atoms with E-state index in [1.807, 2.05) is 54.2 Å². The van der Waals surface area contributed by atoms with Crippen molar-refractivity contribution in [3.8, 4) is 0 Å². The molecule has 1 saturated heterocycles. The van der Waals surface area contributed by atoms with Gasteiger partial charge in [0.05, 0.1) is 18.2 Å². The minimum Gasteiger partial charge on any atom is -0.399 e. The Morgan fingerprint density at radius 3 is 2.67 bits per heavy atom. The van der Waals surface area contributed by atoms with E-state index in [-0.39, 0.29) is 24.2 Å². The van der Waals surface area contributed by atoms with Gasteiger partial charge in [-0.15, -0.1) is 0 Å². The highest BCUT2D eigenvalue weighted by Crippen LogP contribution is 2.72. The van der Waals surface area contributed by atoms with Gasteiger partial charge in [-0.25, -0.2) is 4.39 Å². The van der Waals surface area contributed by atoms with E-state index in [4.69, 9.17) is 15.2 Å². The number of aromatic nitrogens is 1. The molecule has 8 nitrogen and oxygen atoms in total. The summed E-state index contributed by atoms with van der Waals surface area (Å²) in [4.78, 5) is 25.9. The summed E-state index contributed by atoms with van der Waals surface area (Å²) in [6.45, 7) is 4.98. The normalized spacial score (nSPS) is 42.0. The third-order valence-electron chi connectivity index (χ3n) is 11.8. The number of benzene rings is 1. The number of fused-ring (bicyclic) bond motifs is 7. The lowest BCUT2D eigenvalue weighted by atomic mass is 9.44. The number of hydrogen-bond acceptors (Lipinski definition) is 7. The van der Waals surface area contributed by atoms with Gasteiger partial charge < -0.3 is 30.0 Å². The van der Waals surface area contributed by atoms with Gasteiger partial charge in [-0.2, -0.15) is 0 Å². The van der Waals surface area contributed by atoms with Crippen molar-refractivity contribution in [1.29, 1.82) is 0 Å². The number of aliphatic hydroxyl groups excluding tert-OH is 2. The number of ether oxygens (including phenoxy) is 2. The zero-order chi connectivity index (χ0) is 30.5. The number of hydrogen-bond donors (Lipinski definition) is 3. The highest BCUT2D eigenvalue weighted by molar-refractivity contribution is 6.01. The van der Waals surface area contributed by atoms with Crippen LogP contribution in [-0.2, 0) is 19.1 Å². The Labute approximate surface area is 250 Å². The highest BCUT2D eigenvalue weighted by Gasteiger charge is 2.79. The van der Waals surface area contributed by atoms with Crippen molar-refractivity contribution in [2.75, 3.05) is 12.3 Å². The average molecular weight is 591 g/mol. The molecule has 1 aromatic heterocycles. The fourth-order valence-electron chi connectivity index (χ4n) is 9.48. The first-order valence-electron chi connectivity index (χ1n) is 15.2. The molecule has 4 fully saturated rings. The van der Waals surface area contributed by atoms with E-state index < -0.39 is 58.9 Å². The summed E-state index contributed by atoms with van der Waals surface area (Å²) < 4.78 is 32.7. The number of anilines is 1. The van der Waals surface area contributed by atoms with Crippen LogP contribution in [0.3, 0.4) is 0 Å². The van der Waals surface area contributed by atoms with Crippen LogP contribution in [0.2, 0.25) is 0 Å². The number of carbonyl (C=O) groups is 2. The Morgan fingerprint density at radius 2 is 1.95 bits per heavy atom. The minimum absolute atomic E-state index is 0.00657. The molecule has 2 aromatic rings. The van der Waals surface area contributed by atoms with Crippen LogP contribution in [0, 0.1) is 22.7 Å². The van der Waals surface area contributed by atoms with E-state index in [2.05, 4.69) is 6.92 Å². The van der Waals surface area contributed by atoms with Gasteiger partial charge in [0, 0.05) is 40.4 Å². The number of allylic oxidation sites excluding steroid dienone is 4. The summed E-state index contributed by atoms with van der Waals surface area (Å²) in [6, 6.07) is 9.58. The van der Waals surface area contributed by atoms with Crippen molar-refractivity contribution in [1.82, 2.24) is 4.57 Å². The highest BCUT2D eigenvalue weighted by atomic mass is 19.1. The summed E-state index contributed by atoms with van der Waals surface area (Å²) in [5.41, 5.74) is 3.36. The molecular weight excluding hydrogens is 551 g/mol. The van der Waals surface area contributed by atoms with Crippen molar-refractivity contribution in [3.63, 3.8) is 0 Å². The Balaban J connectivity index is 1.22. The van der Waals surface area contributed by atoms with E-state index >= 15 is 4.39 Å². The maximum absolute atomic E-state index is 17.6. The number of aliphatic hydroxyl groups is 2. The number of alkyl halides is 1. The summed E-state index contributed by atoms with van der Waals surface area (Å²) >= 11 is 0. The topological polar surface area (TPSA) is 124 Å². The molecule has 4 aliphatic carbocycles. The lowest BCUT2D eigenvalue weighted by Crippen LogP contribution is -2.69. The van der Waals surface area contributed by atoms with Gasteiger partial charge >= 0.3 is 0 Å². The van der Waals surface area contributed by atoms with Crippen LogP contribution in [0.1, 0.15) is 69.9 Å². The number of ketones is 2. The maximum Gasteiger partial charge on any atom is 0.193 e. The van der Waals surface area contributed by atoms with E-state index in [9.17, 15) is 19.8 Å². The molecule has 0 unspecified atom stereocenters. The zero-order valence-corrected chi connectivity index (χ0v) is 24.7. The molecule has 5 aliphatic rings. The van der Waals surface area contributed by atoms with Gasteiger partial charge in [0.15, 0.2) is 29.1 Å². The van der Waals surface area contributed by atoms with Crippen LogP contribution >= 0.6 is 0 Å². The number of nitrogen functional groups attached to an aromatic ring is 1. The van der Waals surface area contributed by atoms with Crippen molar-refractivity contribution in [2.45, 2.75) is 82.3 Å². The van der Waals surface area contributed by atoms with E-state index in [0.717, 1.165) is 11.1 Å². The van der Waals surface area contributed by atoms with Crippen molar-refractivity contribution < 1.29 is 33.7 Å². The van der Waals surface area contributed by atoms with Gasteiger partial charge in [-0.3, -0.25) is 9.59 Å². The number of nitrogens with two attached hydrogens (primary N) is 1. The van der Waals surface area contributed by atoms with Crippen LogP contribution in [-0.4, -0.2) is 56.4 Å². The predicted molar refractivity (Wildman–Crippen MR) is 156 cm³/mol. The molecule has 2 heterocycles. The van der Waals surface area contributed by atoms with Crippen molar-refractivity contribution in [2.24, 2.45) is 22.7 Å². The van der Waals surface area contributed by atoms with Crippen LogP contribution in [0.4, 0.5) is 10.1 Å². The SMILES string of the molecule is C[C@H](c1ccc(N)cc1)n1ccc([C@@H]2O[C@@H]3C[C@H]4[C@@H]5CCC6=CC(=O)C=C[C@]6(C)[C@@]5(F)[C@@H](O)C[C@]4(C)[C@]3(C(=O)CO)O2)c1. The molecular formula is C34H39FN2O6. The Hall–Kier alpha value is -3.11. The molecule has 0 spiro atoms. The first kappa shape index (κ1) is 28.6. The maximum atomic E-state index is 17.6. The molecule has 3 saturated carbocycles. The quantitative estimate of drug-likeness (QED) is 0.442. The van der Waals surface area contributed by atoms with E-state index in [0.29, 0.717) is 30.5 Å². The van der Waals surface area contributed by atoms with Gasteiger partial charge in [0.1, 0.15) is 6.61 Å². The van der Waals surface area contributed by atoms with Crippen LogP contribution in [0.25, 0.3) is 0 Å². The monoisotopic (exact) mass is 590 g/mol. The lowest BCUT2D eigenvalue weighted by molar-refractivity contribution is -0.231. The van der Waals surface area contributed by atoms with E-state index in [1.54, 1.807) is 13.0 Å². The van der Waals surface area contributed by atoms with Gasteiger partial charge in [-0.1, -0.05) is 30.7 Å². The summed E-state index contributed by atoms with van der Waals surface area (Å²) in [7, 11) is 0. The molecule has 0 amide bonds. The summed E-state index contributed by atoms with van der Waals surface area (Å²) in [5.74, 6) is -1.62. The molecule has 1 aliphatic heterocycles. The first-order chi connectivity index (χ1) is 20.4. The molecule has 43 heavy (non-hydrogen) atoms. The third-order valence-corrected chi connectivity index (χ3v) is 11.8. The van der Waals surface area contributed by atoms with Gasteiger partial charge in [0.25, 0.3) is 0 Å². The van der Waals surface area contributed by atoms with Gasteiger partial charge in [0.2, 0.25) is 0 Å². The van der Waals surface area contributed by atoms with Crippen molar-refractivity contribution in [3.05, 3.63) is 77.7 Å². The number of halogens is 1. The summed E-state index contributed by atoms with van der Waals surface area (Å²) in [5, 5.41) is 21.9. The number of carbonyl (C=O) groups excluding carboxylic acids is 2. The second kappa shape index (κ2) is 9.44. The van der Waals surface area contributed by atoms with Crippen LogP contribution in [0.15, 0.2) is 66.5 Å². The molecule has 7 rings (SSSR count). The number of rotatable bonds is 5. The van der Waals surface area contributed by atoms with E-state index in [1.165, 1.54) is 12.2 Å². The fraction of sp³-hybridized carbons (Fsp3) is 0.529. The molecule has 228 valence electrons. The van der Waals surface area contributed by atoms with Crippen molar-refractivity contribution >= 4 is 17.3 Å². The first-order valence-corrected chi connectivity index (χ1v) is 15.2. The lowest BCUT2D eigenvalue weighted by Gasteiger charge is -2.62. The number of Topliss-reactive ketones (excluding diaryl/α,β-unsaturated/α-hetero) is 1. The molecule has 1 aromatic carbocycles.